The maximum absolute atomic E-state index is 11.9. The monoisotopic (exact) mass is 336 g/mol. The third-order valence-corrected chi connectivity index (χ3v) is 3.84. The third kappa shape index (κ3) is 4.44. The van der Waals surface area contributed by atoms with E-state index in [9.17, 15) is 9.59 Å². The minimum atomic E-state index is -0.287. The zero-order chi connectivity index (χ0) is 17.6. The highest BCUT2D eigenvalue weighted by Crippen LogP contribution is 2.12. The molecule has 128 valence electrons. The van der Waals surface area contributed by atoms with E-state index in [1.807, 2.05) is 24.3 Å². The number of anilines is 1. The summed E-state index contributed by atoms with van der Waals surface area (Å²) in [5.74, 6) is 0.882. The Balaban J connectivity index is 1.45. The van der Waals surface area contributed by atoms with E-state index in [-0.39, 0.29) is 11.8 Å². The molecule has 1 aromatic heterocycles. The first-order chi connectivity index (χ1) is 12.1. The molecule has 25 heavy (non-hydrogen) atoms. The van der Waals surface area contributed by atoms with Crippen LogP contribution >= 0.6 is 0 Å². The molecule has 6 heteroatoms. The van der Waals surface area contributed by atoms with E-state index < -0.39 is 0 Å². The number of aromatic nitrogens is 2. The summed E-state index contributed by atoms with van der Waals surface area (Å²) < 4.78 is 0. The number of H-pyrrole nitrogens is 1. The molecule has 2 amide bonds. The largest absolute Gasteiger partial charge is 0.342 e. The van der Waals surface area contributed by atoms with Crippen molar-refractivity contribution in [3.8, 4) is 0 Å². The number of ketones is 1. The van der Waals surface area contributed by atoms with Crippen molar-refractivity contribution in [1.82, 2.24) is 15.3 Å². The van der Waals surface area contributed by atoms with Gasteiger partial charge in [-0.1, -0.05) is 24.3 Å². The van der Waals surface area contributed by atoms with Gasteiger partial charge in [-0.05, 0) is 37.6 Å². The van der Waals surface area contributed by atoms with Gasteiger partial charge in [0.15, 0.2) is 5.78 Å². The lowest BCUT2D eigenvalue weighted by atomic mass is 10.1. The zero-order valence-corrected chi connectivity index (χ0v) is 14.0. The molecule has 3 N–H and O–H groups in total. The number of aryl methyl sites for hydroxylation is 1. The Bertz CT molecular complexity index is 868. The average molecular weight is 336 g/mol. The number of urea groups is 1. The highest BCUT2D eigenvalue weighted by atomic mass is 16.2. The number of benzene rings is 2. The Morgan fingerprint density at radius 3 is 2.76 bits per heavy atom. The second-order valence-electron chi connectivity index (χ2n) is 5.82. The quantitative estimate of drug-likeness (QED) is 0.475. The van der Waals surface area contributed by atoms with Crippen LogP contribution in [-0.4, -0.2) is 28.3 Å². The fourth-order valence-electron chi connectivity index (χ4n) is 2.57. The molecule has 0 aliphatic rings. The van der Waals surface area contributed by atoms with Crippen molar-refractivity contribution in [3.63, 3.8) is 0 Å². The van der Waals surface area contributed by atoms with E-state index >= 15 is 0 Å². The first-order valence-electron chi connectivity index (χ1n) is 8.21. The van der Waals surface area contributed by atoms with E-state index in [1.165, 1.54) is 6.92 Å². The minimum Gasteiger partial charge on any atom is -0.342 e. The summed E-state index contributed by atoms with van der Waals surface area (Å²) in [4.78, 5) is 31.0. The van der Waals surface area contributed by atoms with Gasteiger partial charge in [-0.3, -0.25) is 4.79 Å². The average Bonchev–Trinajstić information content (AvgIpc) is 3.02. The fourth-order valence-corrected chi connectivity index (χ4v) is 2.57. The van der Waals surface area contributed by atoms with Gasteiger partial charge in [-0.2, -0.15) is 0 Å². The number of para-hydroxylation sites is 2. The molecule has 1 heterocycles. The van der Waals surface area contributed by atoms with Crippen LogP contribution in [0.3, 0.4) is 0 Å². The predicted molar refractivity (Wildman–Crippen MR) is 97.9 cm³/mol. The summed E-state index contributed by atoms with van der Waals surface area (Å²) in [6.45, 7) is 2.03. The molecule has 0 saturated heterocycles. The van der Waals surface area contributed by atoms with Gasteiger partial charge in [0.05, 0.1) is 11.0 Å². The molecule has 0 unspecified atom stereocenters. The molecule has 0 radical (unpaired) electrons. The van der Waals surface area contributed by atoms with Crippen LogP contribution in [0.2, 0.25) is 0 Å². The van der Waals surface area contributed by atoms with Gasteiger partial charge in [-0.25, -0.2) is 9.78 Å². The predicted octanol–water partition coefficient (Wildman–Crippen LogP) is 3.52. The molecule has 0 spiro atoms. The first-order valence-corrected chi connectivity index (χ1v) is 8.21. The van der Waals surface area contributed by atoms with Gasteiger partial charge in [0, 0.05) is 24.2 Å². The van der Waals surface area contributed by atoms with E-state index in [0.717, 1.165) is 29.7 Å². The Morgan fingerprint density at radius 2 is 1.96 bits per heavy atom. The van der Waals surface area contributed by atoms with Gasteiger partial charge in [-0.15, -0.1) is 0 Å². The molecule has 6 nitrogen and oxygen atoms in total. The molecule has 2 aromatic carbocycles. The van der Waals surface area contributed by atoms with Crippen LogP contribution in [0.25, 0.3) is 11.0 Å². The number of Topliss-reactive ketones (excluding diaryl/α,β-unsaturated/α-hetero) is 1. The van der Waals surface area contributed by atoms with Crippen LogP contribution in [0, 0.1) is 0 Å². The maximum Gasteiger partial charge on any atom is 0.319 e. The topological polar surface area (TPSA) is 86.9 Å². The van der Waals surface area contributed by atoms with Crippen LogP contribution in [0.15, 0.2) is 48.5 Å². The smallest absolute Gasteiger partial charge is 0.319 e. The number of nitrogens with one attached hydrogen (secondary N) is 3. The number of hydrogen-bond donors (Lipinski definition) is 3. The van der Waals surface area contributed by atoms with Gasteiger partial charge in [0.1, 0.15) is 5.82 Å². The van der Waals surface area contributed by atoms with Crippen molar-refractivity contribution in [2.75, 3.05) is 11.9 Å². The summed E-state index contributed by atoms with van der Waals surface area (Å²) in [5, 5.41) is 5.54. The van der Waals surface area contributed by atoms with Crippen molar-refractivity contribution in [3.05, 3.63) is 59.9 Å². The van der Waals surface area contributed by atoms with E-state index in [2.05, 4.69) is 20.6 Å². The molecule has 0 bridgehead atoms. The SMILES string of the molecule is CC(=O)c1cccc(NC(=O)NCCCc2nc3ccccc3[nH]2)c1. The van der Waals surface area contributed by atoms with E-state index in [4.69, 9.17) is 0 Å². The molecular formula is C19H20N4O2. The fraction of sp³-hybridized carbons (Fsp3) is 0.211. The number of aromatic amines is 1. The summed E-state index contributed by atoms with van der Waals surface area (Å²) >= 11 is 0. The van der Waals surface area contributed by atoms with Crippen molar-refractivity contribution in [1.29, 1.82) is 0 Å². The normalized spacial score (nSPS) is 10.6. The molecule has 0 saturated carbocycles. The molecule has 3 rings (SSSR count). The highest BCUT2D eigenvalue weighted by Gasteiger charge is 2.05. The lowest BCUT2D eigenvalue weighted by molar-refractivity contribution is 0.101. The number of rotatable bonds is 6. The maximum atomic E-state index is 11.9. The number of nitrogens with zero attached hydrogens (tertiary/aromatic N) is 1. The second-order valence-corrected chi connectivity index (χ2v) is 5.82. The van der Waals surface area contributed by atoms with Gasteiger partial charge in [0.2, 0.25) is 0 Å². The molecule has 0 aliphatic carbocycles. The van der Waals surface area contributed by atoms with Crippen LogP contribution in [0.5, 0.6) is 0 Å². The third-order valence-electron chi connectivity index (χ3n) is 3.84. The summed E-state index contributed by atoms with van der Waals surface area (Å²) in [6.07, 6.45) is 1.54. The lowest BCUT2D eigenvalue weighted by Crippen LogP contribution is -2.29. The number of fused-ring (bicyclic) bond motifs is 1. The summed E-state index contributed by atoms with van der Waals surface area (Å²) in [6, 6.07) is 14.5. The van der Waals surface area contributed by atoms with Crippen molar-refractivity contribution in [2.24, 2.45) is 0 Å². The Morgan fingerprint density at radius 1 is 1.12 bits per heavy atom. The number of carbonyl (C=O) groups is 2. The molecule has 3 aromatic rings. The number of amides is 2. The van der Waals surface area contributed by atoms with Crippen LogP contribution in [-0.2, 0) is 6.42 Å². The number of imidazole rings is 1. The Kier molecular flexibility index (Phi) is 5.09. The number of hydrogen-bond acceptors (Lipinski definition) is 3. The van der Waals surface area contributed by atoms with Crippen LogP contribution in [0.1, 0.15) is 29.5 Å². The Labute approximate surface area is 145 Å². The van der Waals surface area contributed by atoms with Gasteiger partial charge < -0.3 is 15.6 Å². The highest BCUT2D eigenvalue weighted by molar-refractivity contribution is 5.96. The van der Waals surface area contributed by atoms with Crippen molar-refractivity contribution >= 4 is 28.5 Å². The van der Waals surface area contributed by atoms with Crippen molar-refractivity contribution < 1.29 is 9.59 Å². The standard InChI is InChI=1S/C19H20N4O2/c1-13(24)14-6-4-7-15(12-14)21-19(25)20-11-5-10-18-22-16-8-2-3-9-17(16)23-18/h2-4,6-9,12H,5,10-11H2,1H3,(H,22,23)(H2,20,21,25). The van der Waals surface area contributed by atoms with Crippen molar-refractivity contribution in [2.45, 2.75) is 19.8 Å². The zero-order valence-electron chi connectivity index (χ0n) is 14.0. The molecular weight excluding hydrogens is 316 g/mol. The number of carbonyl (C=O) groups excluding carboxylic acids is 2. The second kappa shape index (κ2) is 7.61. The van der Waals surface area contributed by atoms with Gasteiger partial charge >= 0.3 is 6.03 Å². The summed E-state index contributed by atoms with van der Waals surface area (Å²) in [5.41, 5.74) is 3.15. The summed E-state index contributed by atoms with van der Waals surface area (Å²) in [7, 11) is 0. The lowest BCUT2D eigenvalue weighted by Gasteiger charge is -2.08. The molecule has 0 aliphatic heterocycles. The van der Waals surface area contributed by atoms with E-state index in [0.29, 0.717) is 17.8 Å². The first kappa shape index (κ1) is 16.7. The Hall–Kier alpha value is -3.15. The van der Waals surface area contributed by atoms with Gasteiger partial charge in [0.25, 0.3) is 0 Å². The minimum absolute atomic E-state index is 0.0325. The van der Waals surface area contributed by atoms with Crippen LogP contribution < -0.4 is 10.6 Å². The van der Waals surface area contributed by atoms with Crippen LogP contribution in [0.4, 0.5) is 10.5 Å². The van der Waals surface area contributed by atoms with E-state index in [1.54, 1.807) is 24.3 Å². The molecule has 0 atom stereocenters. The molecule has 0 fully saturated rings.